The van der Waals surface area contributed by atoms with Crippen molar-refractivity contribution >= 4 is 0 Å². The number of hydrazine groups is 1. The van der Waals surface area contributed by atoms with Crippen molar-refractivity contribution in [2.24, 2.45) is 11.3 Å². The molecule has 0 aromatic carbocycles. The van der Waals surface area contributed by atoms with E-state index in [1.807, 2.05) is 6.08 Å². The third kappa shape index (κ3) is 2.82. The van der Waals surface area contributed by atoms with E-state index in [2.05, 4.69) is 18.9 Å². The van der Waals surface area contributed by atoms with Crippen LogP contribution in [0.3, 0.4) is 0 Å². The maximum Gasteiger partial charge on any atom is 0.0267 e. The number of allylic oxidation sites excluding steroid dienone is 1. The lowest BCUT2D eigenvalue weighted by Crippen LogP contribution is -2.47. The van der Waals surface area contributed by atoms with E-state index in [4.69, 9.17) is 5.84 Å². The molecular formula is C12H24N2. The predicted molar refractivity (Wildman–Crippen MR) is 61.7 cm³/mol. The highest BCUT2D eigenvalue weighted by Gasteiger charge is 2.34. The molecule has 1 rings (SSSR count). The SMILES string of the molecule is C=CCCC(NN)C1(C)CCCCC1. The van der Waals surface area contributed by atoms with Crippen LogP contribution in [0.1, 0.15) is 51.9 Å². The topological polar surface area (TPSA) is 38.0 Å². The normalized spacial score (nSPS) is 23.0. The Balaban J connectivity index is 2.50. The molecule has 2 nitrogen and oxygen atoms in total. The molecule has 14 heavy (non-hydrogen) atoms. The highest BCUT2D eigenvalue weighted by atomic mass is 15.2. The number of rotatable bonds is 5. The van der Waals surface area contributed by atoms with Crippen molar-refractivity contribution in [3.05, 3.63) is 12.7 Å². The largest absolute Gasteiger partial charge is 0.271 e. The fraction of sp³-hybridized carbons (Fsp3) is 0.833. The van der Waals surface area contributed by atoms with Crippen LogP contribution in [-0.4, -0.2) is 6.04 Å². The van der Waals surface area contributed by atoms with Crippen LogP contribution in [0.2, 0.25) is 0 Å². The molecule has 0 heterocycles. The van der Waals surface area contributed by atoms with Gasteiger partial charge in [0.1, 0.15) is 0 Å². The lowest BCUT2D eigenvalue weighted by atomic mass is 9.69. The minimum Gasteiger partial charge on any atom is -0.271 e. The van der Waals surface area contributed by atoms with Gasteiger partial charge in [0.15, 0.2) is 0 Å². The van der Waals surface area contributed by atoms with E-state index < -0.39 is 0 Å². The van der Waals surface area contributed by atoms with Crippen LogP contribution in [0.15, 0.2) is 12.7 Å². The molecule has 0 spiro atoms. The van der Waals surface area contributed by atoms with Gasteiger partial charge in [-0.05, 0) is 31.1 Å². The first kappa shape index (κ1) is 11.7. The van der Waals surface area contributed by atoms with Gasteiger partial charge in [-0.15, -0.1) is 6.58 Å². The highest BCUT2D eigenvalue weighted by Crippen LogP contribution is 2.39. The van der Waals surface area contributed by atoms with Crippen LogP contribution in [0.4, 0.5) is 0 Å². The van der Waals surface area contributed by atoms with Crippen molar-refractivity contribution in [3.63, 3.8) is 0 Å². The lowest BCUT2D eigenvalue weighted by molar-refractivity contribution is 0.138. The quantitative estimate of drug-likeness (QED) is 0.403. The van der Waals surface area contributed by atoms with E-state index in [1.165, 1.54) is 32.1 Å². The summed E-state index contributed by atoms with van der Waals surface area (Å²) in [5.74, 6) is 5.65. The van der Waals surface area contributed by atoms with E-state index in [0.29, 0.717) is 11.5 Å². The number of hydrogen-bond donors (Lipinski definition) is 2. The summed E-state index contributed by atoms with van der Waals surface area (Å²) in [5.41, 5.74) is 3.41. The van der Waals surface area contributed by atoms with Gasteiger partial charge in [-0.25, -0.2) is 0 Å². The summed E-state index contributed by atoms with van der Waals surface area (Å²) in [6.07, 6.45) is 10.9. The van der Waals surface area contributed by atoms with Gasteiger partial charge in [-0.2, -0.15) is 0 Å². The predicted octanol–water partition coefficient (Wildman–Crippen LogP) is 2.75. The molecule has 1 fully saturated rings. The zero-order valence-corrected chi connectivity index (χ0v) is 9.39. The fourth-order valence-corrected chi connectivity index (χ4v) is 2.63. The summed E-state index contributed by atoms with van der Waals surface area (Å²) < 4.78 is 0. The first-order valence-corrected chi connectivity index (χ1v) is 5.80. The summed E-state index contributed by atoms with van der Waals surface area (Å²) in [5, 5.41) is 0. The van der Waals surface area contributed by atoms with E-state index in [9.17, 15) is 0 Å². The highest BCUT2D eigenvalue weighted by molar-refractivity contribution is 4.90. The van der Waals surface area contributed by atoms with E-state index in [1.54, 1.807) is 0 Å². The van der Waals surface area contributed by atoms with Gasteiger partial charge in [-0.3, -0.25) is 11.3 Å². The Hall–Kier alpha value is -0.340. The average molecular weight is 196 g/mol. The van der Waals surface area contributed by atoms with Crippen LogP contribution in [0, 0.1) is 5.41 Å². The molecule has 0 amide bonds. The van der Waals surface area contributed by atoms with Crippen LogP contribution in [0.5, 0.6) is 0 Å². The monoisotopic (exact) mass is 196 g/mol. The molecule has 1 saturated carbocycles. The molecule has 0 aromatic heterocycles. The second kappa shape index (κ2) is 5.52. The third-order valence-electron chi connectivity index (χ3n) is 3.70. The van der Waals surface area contributed by atoms with Crippen molar-refractivity contribution in [2.45, 2.75) is 57.9 Å². The van der Waals surface area contributed by atoms with Gasteiger partial charge in [0.2, 0.25) is 0 Å². The summed E-state index contributed by atoms with van der Waals surface area (Å²) in [6.45, 7) is 6.14. The zero-order chi connectivity index (χ0) is 10.4. The Kier molecular flexibility index (Phi) is 4.63. The Morgan fingerprint density at radius 1 is 1.43 bits per heavy atom. The van der Waals surface area contributed by atoms with Crippen LogP contribution in [0.25, 0.3) is 0 Å². The van der Waals surface area contributed by atoms with Gasteiger partial charge >= 0.3 is 0 Å². The van der Waals surface area contributed by atoms with Gasteiger partial charge in [0.25, 0.3) is 0 Å². The van der Waals surface area contributed by atoms with E-state index in [-0.39, 0.29) is 0 Å². The molecule has 82 valence electrons. The molecule has 0 aliphatic heterocycles. The van der Waals surface area contributed by atoms with Crippen LogP contribution in [-0.2, 0) is 0 Å². The molecule has 1 unspecified atom stereocenters. The molecule has 1 atom stereocenters. The second-order valence-electron chi connectivity index (χ2n) is 4.80. The minimum absolute atomic E-state index is 0.413. The second-order valence-corrected chi connectivity index (χ2v) is 4.80. The maximum absolute atomic E-state index is 5.65. The standard InChI is InChI=1S/C12H24N2/c1-3-4-8-11(14-13)12(2)9-6-5-7-10-12/h3,11,14H,1,4-10,13H2,2H3. The van der Waals surface area contributed by atoms with Crippen molar-refractivity contribution in [1.82, 2.24) is 5.43 Å². The van der Waals surface area contributed by atoms with Crippen molar-refractivity contribution in [3.8, 4) is 0 Å². The minimum atomic E-state index is 0.413. The number of nitrogens with one attached hydrogen (secondary N) is 1. The number of hydrogen-bond acceptors (Lipinski definition) is 2. The van der Waals surface area contributed by atoms with Crippen LogP contribution < -0.4 is 11.3 Å². The Morgan fingerprint density at radius 3 is 2.57 bits per heavy atom. The van der Waals surface area contributed by atoms with Gasteiger partial charge in [0.05, 0.1) is 0 Å². The fourth-order valence-electron chi connectivity index (χ4n) is 2.63. The van der Waals surface area contributed by atoms with Crippen molar-refractivity contribution in [1.29, 1.82) is 0 Å². The maximum atomic E-state index is 5.65. The summed E-state index contributed by atoms with van der Waals surface area (Å²) >= 11 is 0. The molecule has 0 aromatic rings. The summed E-state index contributed by atoms with van der Waals surface area (Å²) in [6, 6.07) is 0.459. The number of nitrogens with two attached hydrogens (primary N) is 1. The molecule has 0 bridgehead atoms. The summed E-state index contributed by atoms with van der Waals surface area (Å²) in [7, 11) is 0. The molecule has 0 saturated heterocycles. The Labute approximate surface area is 87.9 Å². The van der Waals surface area contributed by atoms with Crippen LogP contribution >= 0.6 is 0 Å². The molecular weight excluding hydrogens is 172 g/mol. The van der Waals surface area contributed by atoms with E-state index in [0.717, 1.165) is 12.8 Å². The molecule has 2 heteroatoms. The zero-order valence-electron chi connectivity index (χ0n) is 9.39. The average Bonchev–Trinajstić information content (AvgIpc) is 2.20. The van der Waals surface area contributed by atoms with Crippen molar-refractivity contribution < 1.29 is 0 Å². The Bertz CT molecular complexity index is 171. The molecule has 3 N–H and O–H groups in total. The Morgan fingerprint density at radius 2 is 2.07 bits per heavy atom. The third-order valence-corrected chi connectivity index (χ3v) is 3.70. The molecule has 1 aliphatic carbocycles. The lowest BCUT2D eigenvalue weighted by Gasteiger charge is -2.40. The first-order valence-electron chi connectivity index (χ1n) is 5.80. The first-order chi connectivity index (χ1) is 6.73. The smallest absolute Gasteiger partial charge is 0.0267 e. The van der Waals surface area contributed by atoms with Gasteiger partial charge in [0, 0.05) is 6.04 Å². The molecule has 1 aliphatic rings. The van der Waals surface area contributed by atoms with Gasteiger partial charge in [-0.1, -0.05) is 32.3 Å². The van der Waals surface area contributed by atoms with Gasteiger partial charge < -0.3 is 0 Å². The summed E-state index contributed by atoms with van der Waals surface area (Å²) in [4.78, 5) is 0. The molecule has 0 radical (unpaired) electrons. The van der Waals surface area contributed by atoms with Crippen molar-refractivity contribution in [2.75, 3.05) is 0 Å². The van der Waals surface area contributed by atoms with E-state index >= 15 is 0 Å².